The highest BCUT2D eigenvalue weighted by Gasteiger charge is 2.17. The molecule has 108 valence electrons. The van der Waals surface area contributed by atoms with Crippen molar-refractivity contribution in [2.45, 2.75) is 41.0 Å². The summed E-state index contributed by atoms with van der Waals surface area (Å²) in [5.41, 5.74) is 3.09. The SMILES string of the molecule is CCC(C)CN(CC)CC(=O)c1cc(C)n(C)c1C. The van der Waals surface area contributed by atoms with Crippen LogP contribution in [-0.2, 0) is 7.05 Å². The van der Waals surface area contributed by atoms with E-state index >= 15 is 0 Å². The summed E-state index contributed by atoms with van der Waals surface area (Å²) in [7, 11) is 2.01. The summed E-state index contributed by atoms with van der Waals surface area (Å²) in [5.74, 6) is 0.887. The molecule has 3 nitrogen and oxygen atoms in total. The third-order valence-electron chi connectivity index (χ3n) is 4.16. The zero-order valence-corrected chi connectivity index (χ0v) is 13.3. The Balaban J connectivity index is 2.74. The largest absolute Gasteiger partial charge is 0.351 e. The summed E-state index contributed by atoms with van der Waals surface area (Å²) in [6, 6.07) is 2.01. The van der Waals surface area contributed by atoms with E-state index in [2.05, 4.69) is 30.2 Å². The lowest BCUT2D eigenvalue weighted by molar-refractivity contribution is 0.0923. The molecule has 19 heavy (non-hydrogen) atoms. The van der Waals surface area contributed by atoms with Gasteiger partial charge in [0.05, 0.1) is 6.54 Å². The molecule has 0 aliphatic carbocycles. The highest BCUT2D eigenvalue weighted by molar-refractivity contribution is 5.99. The number of carbonyl (C=O) groups excluding carboxylic acids is 1. The Labute approximate surface area is 117 Å². The van der Waals surface area contributed by atoms with Gasteiger partial charge < -0.3 is 4.57 Å². The van der Waals surface area contributed by atoms with Crippen LogP contribution in [0.5, 0.6) is 0 Å². The van der Waals surface area contributed by atoms with Gasteiger partial charge in [0.1, 0.15) is 0 Å². The second-order valence-corrected chi connectivity index (χ2v) is 5.61. The van der Waals surface area contributed by atoms with E-state index in [9.17, 15) is 4.79 Å². The summed E-state index contributed by atoms with van der Waals surface area (Å²) in [4.78, 5) is 14.7. The van der Waals surface area contributed by atoms with Crippen LogP contribution in [0.2, 0.25) is 0 Å². The van der Waals surface area contributed by atoms with Crippen molar-refractivity contribution < 1.29 is 4.79 Å². The Bertz CT molecular complexity index is 434. The molecule has 0 amide bonds. The Morgan fingerprint density at radius 2 is 2.00 bits per heavy atom. The van der Waals surface area contributed by atoms with Gasteiger partial charge in [0, 0.05) is 30.5 Å². The van der Waals surface area contributed by atoms with Crippen LogP contribution in [0.15, 0.2) is 6.07 Å². The van der Waals surface area contributed by atoms with Gasteiger partial charge in [0.25, 0.3) is 0 Å². The maximum atomic E-state index is 12.4. The fourth-order valence-corrected chi connectivity index (χ4v) is 2.30. The Morgan fingerprint density at radius 1 is 1.37 bits per heavy atom. The van der Waals surface area contributed by atoms with Gasteiger partial charge in [-0.05, 0) is 32.4 Å². The van der Waals surface area contributed by atoms with Crippen LogP contribution in [-0.4, -0.2) is 34.9 Å². The maximum absolute atomic E-state index is 12.4. The number of ketones is 1. The summed E-state index contributed by atoms with van der Waals surface area (Å²) in [6.07, 6.45) is 1.16. The molecule has 0 aliphatic rings. The first-order chi connectivity index (χ1) is 8.90. The van der Waals surface area contributed by atoms with Crippen molar-refractivity contribution in [3.05, 3.63) is 23.0 Å². The van der Waals surface area contributed by atoms with E-state index in [0.717, 1.165) is 36.5 Å². The van der Waals surface area contributed by atoms with Gasteiger partial charge in [-0.3, -0.25) is 9.69 Å². The van der Waals surface area contributed by atoms with E-state index in [1.54, 1.807) is 0 Å². The summed E-state index contributed by atoms with van der Waals surface area (Å²) in [5, 5.41) is 0. The van der Waals surface area contributed by atoms with Crippen LogP contribution in [0.1, 0.15) is 48.9 Å². The molecule has 0 fully saturated rings. The van der Waals surface area contributed by atoms with Crippen molar-refractivity contribution in [2.75, 3.05) is 19.6 Å². The predicted octanol–water partition coefficient (Wildman–Crippen LogP) is 3.19. The molecule has 0 spiro atoms. The second kappa shape index (κ2) is 6.90. The molecule has 1 aromatic rings. The van der Waals surface area contributed by atoms with Crippen molar-refractivity contribution in [1.29, 1.82) is 0 Å². The van der Waals surface area contributed by atoms with E-state index in [-0.39, 0.29) is 5.78 Å². The third-order valence-corrected chi connectivity index (χ3v) is 4.16. The highest BCUT2D eigenvalue weighted by Crippen LogP contribution is 2.15. The number of aryl methyl sites for hydroxylation is 1. The number of likely N-dealkylation sites (N-methyl/N-ethyl adjacent to an activating group) is 1. The number of nitrogens with zero attached hydrogens (tertiary/aromatic N) is 2. The molecule has 1 rings (SSSR count). The molecule has 1 atom stereocenters. The van der Waals surface area contributed by atoms with Crippen molar-refractivity contribution in [1.82, 2.24) is 9.47 Å². The minimum Gasteiger partial charge on any atom is -0.351 e. The standard InChI is InChI=1S/C16H28N2O/c1-7-12(3)10-18(8-2)11-16(19)15-9-13(4)17(6)14(15)5/h9,12H,7-8,10-11H2,1-6H3. The van der Waals surface area contributed by atoms with Gasteiger partial charge in [-0.25, -0.2) is 0 Å². The molecule has 0 saturated carbocycles. The molecular formula is C16H28N2O. The van der Waals surface area contributed by atoms with Gasteiger partial charge in [0.2, 0.25) is 0 Å². The zero-order valence-electron chi connectivity index (χ0n) is 13.3. The van der Waals surface area contributed by atoms with Gasteiger partial charge in [-0.1, -0.05) is 27.2 Å². The maximum Gasteiger partial charge on any atom is 0.178 e. The molecule has 3 heteroatoms. The third kappa shape index (κ3) is 3.93. The van der Waals surface area contributed by atoms with E-state index in [1.807, 2.05) is 27.0 Å². The first kappa shape index (κ1) is 16.0. The minimum atomic E-state index is 0.242. The lowest BCUT2D eigenvalue weighted by atomic mass is 10.1. The number of rotatable bonds is 7. The second-order valence-electron chi connectivity index (χ2n) is 5.61. The molecule has 0 N–H and O–H groups in total. The molecule has 1 heterocycles. The van der Waals surface area contributed by atoms with Crippen molar-refractivity contribution in [2.24, 2.45) is 13.0 Å². The van der Waals surface area contributed by atoms with Crippen LogP contribution in [0.3, 0.4) is 0 Å². The van der Waals surface area contributed by atoms with Gasteiger partial charge in [-0.2, -0.15) is 0 Å². The Kier molecular flexibility index (Phi) is 5.80. The Morgan fingerprint density at radius 3 is 2.42 bits per heavy atom. The Hall–Kier alpha value is -1.09. The summed E-state index contributed by atoms with van der Waals surface area (Å²) < 4.78 is 2.08. The average molecular weight is 264 g/mol. The van der Waals surface area contributed by atoms with Crippen LogP contribution < -0.4 is 0 Å². The van der Waals surface area contributed by atoms with Gasteiger partial charge in [0.15, 0.2) is 5.78 Å². The molecular weight excluding hydrogens is 236 g/mol. The van der Waals surface area contributed by atoms with Crippen LogP contribution in [0.25, 0.3) is 0 Å². The summed E-state index contributed by atoms with van der Waals surface area (Å²) >= 11 is 0. The predicted molar refractivity (Wildman–Crippen MR) is 80.8 cm³/mol. The van der Waals surface area contributed by atoms with Gasteiger partial charge in [-0.15, -0.1) is 0 Å². The number of hydrogen-bond acceptors (Lipinski definition) is 2. The van der Waals surface area contributed by atoms with E-state index in [0.29, 0.717) is 12.5 Å². The monoisotopic (exact) mass is 264 g/mol. The highest BCUT2D eigenvalue weighted by atomic mass is 16.1. The molecule has 0 saturated heterocycles. The first-order valence-electron chi connectivity index (χ1n) is 7.29. The molecule has 1 unspecified atom stereocenters. The normalized spacial score (nSPS) is 13.0. The van der Waals surface area contributed by atoms with Crippen molar-refractivity contribution in [3.63, 3.8) is 0 Å². The van der Waals surface area contributed by atoms with Crippen LogP contribution in [0, 0.1) is 19.8 Å². The van der Waals surface area contributed by atoms with Crippen molar-refractivity contribution in [3.8, 4) is 0 Å². The minimum absolute atomic E-state index is 0.242. The van der Waals surface area contributed by atoms with Crippen LogP contribution >= 0.6 is 0 Å². The van der Waals surface area contributed by atoms with Crippen LogP contribution in [0.4, 0.5) is 0 Å². The molecule has 1 aromatic heterocycles. The molecule has 0 radical (unpaired) electrons. The lowest BCUT2D eigenvalue weighted by Gasteiger charge is -2.22. The molecule has 0 aliphatic heterocycles. The fourth-order valence-electron chi connectivity index (χ4n) is 2.30. The van der Waals surface area contributed by atoms with E-state index < -0.39 is 0 Å². The number of carbonyl (C=O) groups is 1. The fraction of sp³-hybridized carbons (Fsp3) is 0.688. The lowest BCUT2D eigenvalue weighted by Crippen LogP contribution is -2.33. The van der Waals surface area contributed by atoms with E-state index in [1.165, 1.54) is 0 Å². The quantitative estimate of drug-likeness (QED) is 0.707. The molecule has 0 aromatic carbocycles. The summed E-state index contributed by atoms with van der Waals surface area (Å²) in [6.45, 7) is 13.1. The topological polar surface area (TPSA) is 25.2 Å². The van der Waals surface area contributed by atoms with Gasteiger partial charge >= 0.3 is 0 Å². The molecule has 0 bridgehead atoms. The number of hydrogen-bond donors (Lipinski definition) is 0. The zero-order chi connectivity index (χ0) is 14.6. The number of Topliss-reactive ketones (excluding diaryl/α,β-unsaturated/α-hetero) is 1. The van der Waals surface area contributed by atoms with E-state index in [4.69, 9.17) is 0 Å². The number of aromatic nitrogens is 1. The average Bonchev–Trinajstić information content (AvgIpc) is 2.65. The smallest absolute Gasteiger partial charge is 0.178 e. The first-order valence-corrected chi connectivity index (χ1v) is 7.29. The van der Waals surface area contributed by atoms with Crippen molar-refractivity contribution >= 4 is 5.78 Å².